The van der Waals surface area contributed by atoms with Gasteiger partial charge < -0.3 is 15.4 Å². The van der Waals surface area contributed by atoms with Crippen LogP contribution in [0.5, 0.6) is 0 Å². The zero-order chi connectivity index (χ0) is 12.3. The molecule has 1 aliphatic rings. The average Bonchev–Trinajstić information content (AvgIpc) is 2.38. The van der Waals surface area contributed by atoms with Crippen molar-refractivity contribution in [3.8, 4) is 0 Å². The molecule has 2 unspecified atom stereocenters. The molecular weight excluding hydrogens is 214 g/mol. The molecule has 0 aromatic carbocycles. The highest BCUT2D eigenvalue weighted by Crippen LogP contribution is 2.27. The predicted octanol–water partition coefficient (Wildman–Crippen LogP) is 1.54. The van der Waals surface area contributed by atoms with Gasteiger partial charge in [0.15, 0.2) is 0 Å². The number of nitrogens with zero attached hydrogens (tertiary/aromatic N) is 2. The Morgan fingerprint density at radius 3 is 3.06 bits per heavy atom. The fourth-order valence-electron chi connectivity index (χ4n) is 2.55. The molecule has 1 aromatic heterocycles. The van der Waals surface area contributed by atoms with E-state index in [9.17, 15) is 0 Å². The van der Waals surface area contributed by atoms with Gasteiger partial charge in [0, 0.05) is 32.4 Å². The molecule has 1 aromatic rings. The summed E-state index contributed by atoms with van der Waals surface area (Å²) in [5.74, 6) is 0. The van der Waals surface area contributed by atoms with E-state index in [2.05, 4.69) is 22.9 Å². The van der Waals surface area contributed by atoms with E-state index in [1.165, 1.54) is 5.69 Å². The van der Waals surface area contributed by atoms with Crippen molar-refractivity contribution in [2.45, 2.75) is 38.5 Å². The first-order valence-corrected chi connectivity index (χ1v) is 6.19. The lowest BCUT2D eigenvalue weighted by Gasteiger charge is -2.39. The Labute approximate surface area is 103 Å². The van der Waals surface area contributed by atoms with Crippen LogP contribution < -0.4 is 10.6 Å². The van der Waals surface area contributed by atoms with Crippen molar-refractivity contribution in [3.63, 3.8) is 0 Å². The third-order valence-electron chi connectivity index (χ3n) is 3.53. The first kappa shape index (κ1) is 12.3. The van der Waals surface area contributed by atoms with Crippen LogP contribution in [-0.4, -0.2) is 30.8 Å². The molecule has 4 heteroatoms. The average molecular weight is 235 g/mol. The van der Waals surface area contributed by atoms with E-state index < -0.39 is 0 Å². The zero-order valence-electron chi connectivity index (χ0n) is 10.6. The van der Waals surface area contributed by atoms with Crippen molar-refractivity contribution in [3.05, 3.63) is 24.0 Å². The van der Waals surface area contributed by atoms with Gasteiger partial charge in [0.25, 0.3) is 0 Å². The van der Waals surface area contributed by atoms with Gasteiger partial charge in [-0.3, -0.25) is 4.98 Å². The van der Waals surface area contributed by atoms with Gasteiger partial charge >= 0.3 is 0 Å². The highest BCUT2D eigenvalue weighted by molar-refractivity contribution is 5.51. The fraction of sp³-hybridized carbons (Fsp3) is 0.615. The lowest BCUT2D eigenvalue weighted by molar-refractivity contribution is 0.0721. The minimum Gasteiger partial charge on any atom is -0.381 e. The summed E-state index contributed by atoms with van der Waals surface area (Å²) in [6, 6.07) is 4.56. The Balaban J connectivity index is 2.17. The molecule has 1 aliphatic heterocycles. The maximum atomic E-state index is 5.74. The van der Waals surface area contributed by atoms with E-state index >= 15 is 0 Å². The van der Waals surface area contributed by atoms with E-state index in [0.717, 1.165) is 25.1 Å². The second-order valence-electron chi connectivity index (χ2n) is 4.60. The number of pyridine rings is 1. The molecule has 0 bridgehead atoms. The van der Waals surface area contributed by atoms with Crippen molar-refractivity contribution in [1.29, 1.82) is 0 Å². The molecule has 0 amide bonds. The second-order valence-corrected chi connectivity index (χ2v) is 4.60. The number of hydrogen-bond donors (Lipinski definition) is 1. The molecule has 17 heavy (non-hydrogen) atoms. The molecule has 0 spiro atoms. The molecule has 1 saturated heterocycles. The fourth-order valence-corrected chi connectivity index (χ4v) is 2.55. The number of anilines is 1. The molecule has 2 N–H and O–H groups in total. The summed E-state index contributed by atoms with van der Waals surface area (Å²) in [4.78, 5) is 6.74. The highest BCUT2D eigenvalue weighted by Gasteiger charge is 2.26. The van der Waals surface area contributed by atoms with Crippen molar-refractivity contribution >= 4 is 5.69 Å². The Kier molecular flexibility index (Phi) is 3.97. The monoisotopic (exact) mass is 235 g/mol. The first-order valence-electron chi connectivity index (χ1n) is 6.19. The standard InChI is InChI=1S/C13H21N3O/c1-10-8-11(17-2)5-7-16(10)13-4-3-6-15-12(13)9-14/h3-4,6,10-11H,5,7-9,14H2,1-2H3. The van der Waals surface area contributed by atoms with Gasteiger partial charge in [-0.05, 0) is 31.9 Å². The molecule has 2 heterocycles. The number of rotatable bonds is 3. The lowest BCUT2D eigenvalue weighted by atomic mass is 9.99. The van der Waals surface area contributed by atoms with E-state index in [1.54, 1.807) is 13.3 Å². The van der Waals surface area contributed by atoms with Crippen LogP contribution in [0.15, 0.2) is 18.3 Å². The maximum absolute atomic E-state index is 5.74. The van der Waals surface area contributed by atoms with Gasteiger partial charge in [-0.2, -0.15) is 0 Å². The smallest absolute Gasteiger partial charge is 0.0772 e. The van der Waals surface area contributed by atoms with E-state index in [1.807, 2.05) is 6.07 Å². The topological polar surface area (TPSA) is 51.4 Å². The van der Waals surface area contributed by atoms with Crippen LogP contribution in [0.2, 0.25) is 0 Å². The van der Waals surface area contributed by atoms with Crippen LogP contribution in [0.25, 0.3) is 0 Å². The Morgan fingerprint density at radius 2 is 2.41 bits per heavy atom. The number of nitrogens with two attached hydrogens (primary N) is 1. The molecule has 0 aliphatic carbocycles. The summed E-state index contributed by atoms with van der Waals surface area (Å²) in [7, 11) is 1.79. The highest BCUT2D eigenvalue weighted by atomic mass is 16.5. The van der Waals surface area contributed by atoms with Crippen molar-refractivity contribution < 1.29 is 4.74 Å². The van der Waals surface area contributed by atoms with Crippen LogP contribution >= 0.6 is 0 Å². The summed E-state index contributed by atoms with van der Waals surface area (Å²) < 4.78 is 5.44. The summed E-state index contributed by atoms with van der Waals surface area (Å²) in [6.07, 6.45) is 4.33. The molecule has 0 radical (unpaired) electrons. The summed E-state index contributed by atoms with van der Waals surface area (Å²) in [5.41, 5.74) is 7.90. The Hall–Kier alpha value is -1.13. The van der Waals surface area contributed by atoms with Crippen LogP contribution in [0.1, 0.15) is 25.5 Å². The molecule has 2 rings (SSSR count). The van der Waals surface area contributed by atoms with Gasteiger partial charge in [0.1, 0.15) is 0 Å². The molecule has 4 nitrogen and oxygen atoms in total. The number of aromatic nitrogens is 1. The maximum Gasteiger partial charge on any atom is 0.0772 e. The van der Waals surface area contributed by atoms with Crippen molar-refractivity contribution in [1.82, 2.24) is 4.98 Å². The second kappa shape index (κ2) is 5.47. The van der Waals surface area contributed by atoms with E-state index in [4.69, 9.17) is 10.5 Å². The summed E-state index contributed by atoms with van der Waals surface area (Å²) >= 11 is 0. The van der Waals surface area contributed by atoms with Crippen molar-refractivity contribution in [2.24, 2.45) is 5.73 Å². The number of ether oxygens (including phenoxy) is 1. The predicted molar refractivity (Wildman–Crippen MR) is 69.0 cm³/mol. The van der Waals surface area contributed by atoms with Gasteiger partial charge in [-0.25, -0.2) is 0 Å². The Morgan fingerprint density at radius 1 is 1.59 bits per heavy atom. The molecular formula is C13H21N3O. The summed E-state index contributed by atoms with van der Waals surface area (Å²) in [5, 5.41) is 0. The zero-order valence-corrected chi connectivity index (χ0v) is 10.6. The van der Waals surface area contributed by atoms with Crippen LogP contribution in [0.4, 0.5) is 5.69 Å². The van der Waals surface area contributed by atoms with Gasteiger partial charge in [0.05, 0.1) is 17.5 Å². The van der Waals surface area contributed by atoms with E-state index in [-0.39, 0.29) is 0 Å². The third-order valence-corrected chi connectivity index (χ3v) is 3.53. The molecule has 2 atom stereocenters. The van der Waals surface area contributed by atoms with Crippen LogP contribution in [0, 0.1) is 0 Å². The first-order chi connectivity index (χ1) is 8.26. The molecule has 0 saturated carbocycles. The normalized spacial score (nSPS) is 25.0. The lowest BCUT2D eigenvalue weighted by Crippen LogP contribution is -2.43. The van der Waals surface area contributed by atoms with Crippen LogP contribution in [-0.2, 0) is 11.3 Å². The minimum atomic E-state index is 0.388. The summed E-state index contributed by atoms with van der Waals surface area (Å²) in [6.45, 7) is 3.74. The van der Waals surface area contributed by atoms with E-state index in [0.29, 0.717) is 18.7 Å². The third kappa shape index (κ3) is 2.58. The number of methoxy groups -OCH3 is 1. The van der Waals surface area contributed by atoms with Crippen molar-refractivity contribution in [2.75, 3.05) is 18.6 Å². The van der Waals surface area contributed by atoms with Gasteiger partial charge in [-0.1, -0.05) is 0 Å². The molecule has 94 valence electrons. The minimum absolute atomic E-state index is 0.388. The Bertz CT molecular complexity index is 369. The SMILES string of the molecule is COC1CCN(c2cccnc2CN)C(C)C1. The van der Waals surface area contributed by atoms with Gasteiger partial charge in [-0.15, -0.1) is 0 Å². The number of hydrogen-bond acceptors (Lipinski definition) is 4. The van der Waals surface area contributed by atoms with Crippen LogP contribution in [0.3, 0.4) is 0 Å². The largest absolute Gasteiger partial charge is 0.381 e. The van der Waals surface area contributed by atoms with Gasteiger partial charge in [0.2, 0.25) is 0 Å². The quantitative estimate of drug-likeness (QED) is 0.863. The molecule has 1 fully saturated rings. The number of piperidine rings is 1.